The lowest BCUT2D eigenvalue weighted by molar-refractivity contribution is -0.396. The summed E-state index contributed by atoms with van der Waals surface area (Å²) >= 11 is 0. The Morgan fingerprint density at radius 2 is 1.11 bits per heavy atom. The third-order valence-electron chi connectivity index (χ3n) is 12.3. The standard InChI is InChI=1S/C51H38F18N2/c1-30(36-18-6-14-32-16-8-20-38(42(32)36)70-28-26-44(52,53)46(56,57)48(60,61)50(64,65)66)22-23-34-12-5-13-35(41(34)31-10-3-2-4-11-31)24-25-39-37-19-7-15-33-17-9-21-40(43(33)37)71(39)29-27-45(54,55)47(58,59)49(62,63)51(67,68)69/h2-4,6-11,14-25,70H,1,5,12-13,26-29H2/b23-22+,35-24+,39-25+. The number of allylic oxidation sites excluding steroid dienone is 7. The molecular weight excluding hydrogens is 983 g/mol. The van der Waals surface area contributed by atoms with Gasteiger partial charge in [-0.3, -0.25) is 0 Å². The summed E-state index contributed by atoms with van der Waals surface area (Å²) < 4.78 is 249. The molecule has 5 aromatic carbocycles. The van der Waals surface area contributed by atoms with Gasteiger partial charge in [0.25, 0.3) is 0 Å². The van der Waals surface area contributed by atoms with Gasteiger partial charge >= 0.3 is 47.9 Å². The van der Waals surface area contributed by atoms with Gasteiger partial charge in [0, 0.05) is 58.6 Å². The van der Waals surface area contributed by atoms with Crippen molar-refractivity contribution in [1.29, 1.82) is 0 Å². The topological polar surface area (TPSA) is 17.0 Å². The number of hydrogen-bond donors (Lipinski definition) is 1. The maximum atomic E-state index is 15.0. The van der Waals surface area contributed by atoms with Gasteiger partial charge in [-0.25, -0.2) is 0 Å². The average Bonchev–Trinajstić information content (AvgIpc) is 3.61. The molecule has 1 N–H and O–H groups in total. The van der Waals surface area contributed by atoms with Crippen LogP contribution < -0.4 is 10.7 Å². The van der Waals surface area contributed by atoms with Crippen molar-refractivity contribution in [3.8, 4) is 0 Å². The van der Waals surface area contributed by atoms with Crippen LogP contribution in [-0.2, 0) is 6.54 Å². The summed E-state index contributed by atoms with van der Waals surface area (Å²) in [5.41, 5.74) is 3.73. The Labute approximate surface area is 392 Å². The van der Waals surface area contributed by atoms with E-state index in [0.29, 0.717) is 74.0 Å². The van der Waals surface area contributed by atoms with Crippen molar-refractivity contribution in [2.45, 2.75) is 86.5 Å². The van der Waals surface area contributed by atoms with Crippen molar-refractivity contribution in [1.82, 2.24) is 4.57 Å². The predicted molar refractivity (Wildman–Crippen MR) is 236 cm³/mol. The number of anilines is 1. The van der Waals surface area contributed by atoms with Gasteiger partial charge in [0.05, 0.1) is 0 Å². The molecule has 0 fully saturated rings. The normalized spacial score (nSPS) is 16.1. The first kappa shape index (κ1) is 52.5. The molecule has 0 radical (unpaired) electrons. The van der Waals surface area contributed by atoms with Crippen LogP contribution >= 0.6 is 0 Å². The van der Waals surface area contributed by atoms with Crippen molar-refractivity contribution in [3.05, 3.63) is 156 Å². The molecule has 0 aliphatic heterocycles. The number of fused-ring (bicyclic) bond motifs is 1. The number of aryl methyl sites for hydroxylation is 1. The molecule has 0 spiro atoms. The van der Waals surface area contributed by atoms with Gasteiger partial charge in [-0.15, -0.1) is 0 Å². The number of alkyl halides is 18. The summed E-state index contributed by atoms with van der Waals surface area (Å²) in [5, 5.41) is 4.89. The Hall–Kier alpha value is -6.34. The van der Waals surface area contributed by atoms with E-state index in [2.05, 4.69) is 11.9 Å². The SMILES string of the molecule is C=C(/C=C/C1=C(c2ccccc2)C(=C/C=c2\c3cccc4cccc(c43)n2CCC(F)(F)C(F)(F)C(F)(F)C(F)(F)F)/CCC1)c1cccc2cccc(NCCC(F)(F)C(F)(F)C(F)(F)C(F)(F)F)c12. The number of hydrogen-bond acceptors (Lipinski definition) is 1. The minimum atomic E-state index is -7.05. The Bertz CT molecular complexity index is 3090. The lowest BCUT2D eigenvalue weighted by atomic mass is 9.82. The van der Waals surface area contributed by atoms with Gasteiger partial charge < -0.3 is 9.88 Å². The second-order valence-electron chi connectivity index (χ2n) is 16.9. The second kappa shape index (κ2) is 18.7. The summed E-state index contributed by atoms with van der Waals surface area (Å²) in [7, 11) is 0. The first-order chi connectivity index (χ1) is 33.0. The van der Waals surface area contributed by atoms with Crippen molar-refractivity contribution < 1.29 is 79.0 Å². The molecule has 1 aliphatic rings. The highest BCUT2D eigenvalue weighted by Crippen LogP contribution is 2.55. The number of halogens is 18. The lowest BCUT2D eigenvalue weighted by Crippen LogP contribution is -2.61. The average molecular weight is 1020 g/mol. The summed E-state index contributed by atoms with van der Waals surface area (Å²) in [6, 6.07) is 27.7. The van der Waals surface area contributed by atoms with Gasteiger partial charge in [-0.05, 0) is 81.7 Å². The molecule has 0 atom stereocenters. The Kier molecular flexibility index (Phi) is 13.8. The Balaban J connectivity index is 1.25. The summed E-state index contributed by atoms with van der Waals surface area (Å²) in [4.78, 5) is 0. The minimum Gasteiger partial charge on any atom is -0.384 e. The van der Waals surface area contributed by atoms with Crippen LogP contribution in [0, 0.1) is 0 Å². The van der Waals surface area contributed by atoms with Crippen LogP contribution in [0.4, 0.5) is 84.7 Å². The highest BCUT2D eigenvalue weighted by molar-refractivity contribution is 6.10. The van der Waals surface area contributed by atoms with E-state index < -0.39 is 73.8 Å². The van der Waals surface area contributed by atoms with Gasteiger partial charge in [0.15, 0.2) is 0 Å². The molecule has 20 heteroatoms. The summed E-state index contributed by atoms with van der Waals surface area (Å²) in [5.74, 6) is -39.3. The van der Waals surface area contributed by atoms with Gasteiger partial charge in [-0.1, -0.05) is 116 Å². The second-order valence-corrected chi connectivity index (χ2v) is 16.9. The largest absolute Gasteiger partial charge is 0.460 e. The van der Waals surface area contributed by atoms with E-state index in [-0.39, 0.29) is 16.6 Å². The van der Waals surface area contributed by atoms with E-state index >= 15 is 8.78 Å². The number of nitrogens with one attached hydrogen (secondary N) is 1. The molecule has 7 rings (SSSR count). The smallest absolute Gasteiger partial charge is 0.384 e. The molecule has 0 amide bonds. The number of rotatable bonds is 16. The monoisotopic (exact) mass is 1020 g/mol. The van der Waals surface area contributed by atoms with E-state index in [1.54, 1.807) is 97.1 Å². The van der Waals surface area contributed by atoms with Gasteiger partial charge in [0.1, 0.15) is 0 Å². The highest BCUT2D eigenvalue weighted by Gasteiger charge is 2.82. The van der Waals surface area contributed by atoms with E-state index in [1.807, 2.05) is 0 Å². The maximum absolute atomic E-state index is 15.0. The van der Waals surface area contributed by atoms with Crippen LogP contribution in [0.2, 0.25) is 0 Å². The van der Waals surface area contributed by atoms with Gasteiger partial charge in [-0.2, -0.15) is 79.0 Å². The van der Waals surface area contributed by atoms with Crippen LogP contribution in [0.25, 0.3) is 49.7 Å². The third-order valence-corrected chi connectivity index (χ3v) is 12.3. The van der Waals surface area contributed by atoms with E-state index in [1.165, 1.54) is 30.3 Å². The van der Waals surface area contributed by atoms with Gasteiger partial charge in [0.2, 0.25) is 0 Å². The lowest BCUT2D eigenvalue weighted by Gasteiger charge is -2.33. The molecule has 2 nitrogen and oxygen atoms in total. The quantitative estimate of drug-likeness (QED) is 0.0755. The van der Waals surface area contributed by atoms with Crippen LogP contribution in [0.1, 0.15) is 43.2 Å². The van der Waals surface area contributed by atoms with Crippen molar-refractivity contribution >= 4 is 55.4 Å². The van der Waals surface area contributed by atoms with E-state index in [0.717, 1.165) is 10.1 Å². The molecule has 0 saturated carbocycles. The molecule has 1 aliphatic carbocycles. The van der Waals surface area contributed by atoms with Crippen molar-refractivity contribution in [3.63, 3.8) is 0 Å². The highest BCUT2D eigenvalue weighted by atomic mass is 19.4. The minimum absolute atomic E-state index is 0.0323. The maximum Gasteiger partial charge on any atom is 0.460 e. The predicted octanol–water partition coefficient (Wildman–Crippen LogP) is 16.4. The molecule has 1 heterocycles. The van der Waals surface area contributed by atoms with Crippen LogP contribution in [-0.4, -0.2) is 59.0 Å². The summed E-state index contributed by atoms with van der Waals surface area (Å²) in [6.45, 7) is 1.89. The fraction of sp³-hybridized carbons (Fsp3) is 0.294. The Morgan fingerprint density at radius 1 is 0.563 bits per heavy atom. The first-order valence-electron chi connectivity index (χ1n) is 21.5. The zero-order valence-corrected chi connectivity index (χ0v) is 36.5. The molecule has 1 aromatic heterocycles. The molecule has 378 valence electrons. The molecule has 71 heavy (non-hydrogen) atoms. The molecule has 0 saturated heterocycles. The summed E-state index contributed by atoms with van der Waals surface area (Å²) in [6.07, 6.45) is -10.2. The van der Waals surface area contributed by atoms with E-state index in [9.17, 15) is 70.2 Å². The number of benzene rings is 5. The number of aromatic nitrogens is 1. The zero-order chi connectivity index (χ0) is 52.2. The first-order valence-corrected chi connectivity index (χ1v) is 21.5. The fourth-order valence-electron chi connectivity index (χ4n) is 8.65. The fourth-order valence-corrected chi connectivity index (χ4v) is 8.65. The molecule has 0 unspecified atom stereocenters. The molecular formula is C51H38F18N2. The molecule has 6 aromatic rings. The van der Waals surface area contributed by atoms with Crippen LogP contribution in [0.3, 0.4) is 0 Å². The van der Waals surface area contributed by atoms with Crippen molar-refractivity contribution in [2.75, 3.05) is 11.9 Å². The van der Waals surface area contributed by atoms with Crippen LogP contribution in [0.5, 0.6) is 0 Å². The number of nitrogens with zero attached hydrogens (tertiary/aromatic N) is 1. The molecule has 0 bridgehead atoms. The van der Waals surface area contributed by atoms with Crippen molar-refractivity contribution in [2.24, 2.45) is 0 Å². The van der Waals surface area contributed by atoms with Crippen LogP contribution in [0.15, 0.2) is 139 Å². The Morgan fingerprint density at radius 3 is 1.72 bits per heavy atom. The zero-order valence-electron chi connectivity index (χ0n) is 36.5. The van der Waals surface area contributed by atoms with E-state index in [4.69, 9.17) is 0 Å². The third kappa shape index (κ3) is 9.38.